The fraction of sp³-hybridized carbons (Fsp3) is 0.258. The molecule has 0 N–H and O–H groups in total. The summed E-state index contributed by atoms with van der Waals surface area (Å²) in [6.07, 6.45) is 4.50. The quantitative estimate of drug-likeness (QED) is 0.184. The van der Waals surface area contributed by atoms with Crippen molar-refractivity contribution in [2.45, 2.75) is 42.4 Å². The van der Waals surface area contributed by atoms with Crippen LogP contribution in [0.2, 0.25) is 0 Å². The van der Waals surface area contributed by atoms with E-state index in [-0.39, 0.29) is 0 Å². The van der Waals surface area contributed by atoms with Gasteiger partial charge in [-0.15, -0.1) is 0 Å². The van der Waals surface area contributed by atoms with E-state index in [4.69, 9.17) is 4.74 Å². The van der Waals surface area contributed by atoms with Crippen LogP contribution in [0.25, 0.3) is 43.6 Å². The van der Waals surface area contributed by atoms with E-state index in [1.165, 1.54) is 70.1 Å². The molecule has 5 aromatic rings. The summed E-state index contributed by atoms with van der Waals surface area (Å²) in [7, 11) is 2.20. The van der Waals surface area contributed by atoms with Crippen LogP contribution in [-0.4, -0.2) is 13.2 Å². The molecule has 0 spiro atoms. The number of nitrogens with zero attached hydrogens (tertiary/aromatic N) is 1. The number of hydrogen-bond donors (Lipinski definition) is 0. The smallest absolute Gasteiger partial charge is 0.222 e. The van der Waals surface area contributed by atoms with Crippen molar-refractivity contribution < 1.29 is 9.30 Å². The first-order chi connectivity index (χ1) is 16.6. The molecule has 0 radical (unpaired) electrons. The third-order valence-corrected chi connectivity index (χ3v) is 9.30. The molecule has 0 saturated carbocycles. The second-order valence-corrected chi connectivity index (χ2v) is 11.0. The van der Waals surface area contributed by atoms with Gasteiger partial charge in [-0.2, -0.15) is 0 Å². The molecule has 2 nitrogen and oxygen atoms in total. The number of pyridine rings is 1. The minimum Gasteiger partial charge on any atom is -0.381 e. The summed E-state index contributed by atoms with van der Waals surface area (Å²) in [5.41, 5.74) is 6.99. The minimum absolute atomic E-state index is 0.603. The third-order valence-electron chi connectivity index (χ3n) is 8.04. The molecule has 2 aliphatic heterocycles. The van der Waals surface area contributed by atoms with E-state index >= 15 is 0 Å². The van der Waals surface area contributed by atoms with Gasteiger partial charge >= 0.3 is 0 Å². The van der Waals surface area contributed by atoms with E-state index in [0.717, 1.165) is 26.1 Å². The molecule has 3 heteroatoms. The van der Waals surface area contributed by atoms with Crippen LogP contribution in [0.5, 0.6) is 0 Å². The van der Waals surface area contributed by atoms with Crippen LogP contribution in [0, 0.1) is 13.8 Å². The number of ether oxygens (including phenoxy) is 1. The van der Waals surface area contributed by atoms with Crippen LogP contribution in [0.15, 0.2) is 70.6 Å². The Balaban J connectivity index is 1.56. The number of aromatic nitrogens is 1. The molecule has 168 valence electrons. The van der Waals surface area contributed by atoms with E-state index in [1.54, 1.807) is 0 Å². The molecule has 1 saturated heterocycles. The van der Waals surface area contributed by atoms with Crippen LogP contribution >= 0.6 is 11.8 Å². The van der Waals surface area contributed by atoms with Crippen LogP contribution in [0.1, 0.15) is 35.4 Å². The van der Waals surface area contributed by atoms with Crippen molar-refractivity contribution in [3.63, 3.8) is 0 Å². The molecule has 34 heavy (non-hydrogen) atoms. The fourth-order valence-corrected chi connectivity index (χ4v) is 7.54. The highest BCUT2D eigenvalue weighted by atomic mass is 32.2. The number of aryl methyl sites for hydroxylation is 3. The maximum absolute atomic E-state index is 5.62. The zero-order valence-corrected chi connectivity index (χ0v) is 20.8. The Bertz CT molecular complexity index is 1650. The summed E-state index contributed by atoms with van der Waals surface area (Å²) >= 11 is 1.96. The highest BCUT2D eigenvalue weighted by Crippen LogP contribution is 2.52. The molecule has 7 rings (SSSR count). The van der Waals surface area contributed by atoms with E-state index in [9.17, 15) is 0 Å². The summed E-state index contributed by atoms with van der Waals surface area (Å²) in [5, 5.41) is 8.22. The van der Waals surface area contributed by atoms with Crippen molar-refractivity contribution in [1.29, 1.82) is 0 Å². The van der Waals surface area contributed by atoms with Crippen molar-refractivity contribution in [2.75, 3.05) is 13.2 Å². The maximum Gasteiger partial charge on any atom is 0.222 e. The Hall–Kier alpha value is -2.88. The Morgan fingerprint density at radius 2 is 1.62 bits per heavy atom. The molecule has 0 unspecified atom stereocenters. The third kappa shape index (κ3) is 2.84. The van der Waals surface area contributed by atoms with Crippen LogP contribution < -0.4 is 4.57 Å². The van der Waals surface area contributed by atoms with Crippen LogP contribution in [0.3, 0.4) is 0 Å². The summed E-state index contributed by atoms with van der Waals surface area (Å²) in [6.45, 7) is 6.35. The van der Waals surface area contributed by atoms with Crippen LogP contribution in [0.4, 0.5) is 0 Å². The number of hydrogen-bond acceptors (Lipinski definition) is 2. The van der Waals surface area contributed by atoms with Gasteiger partial charge in [-0.05, 0) is 76.9 Å². The predicted molar refractivity (Wildman–Crippen MR) is 142 cm³/mol. The lowest BCUT2D eigenvalue weighted by Gasteiger charge is -2.25. The van der Waals surface area contributed by atoms with Crippen molar-refractivity contribution in [1.82, 2.24) is 0 Å². The highest BCUT2D eigenvalue weighted by molar-refractivity contribution is 8.00. The van der Waals surface area contributed by atoms with Gasteiger partial charge in [-0.1, -0.05) is 54.2 Å². The molecule has 3 heterocycles. The summed E-state index contributed by atoms with van der Waals surface area (Å²) in [4.78, 5) is 2.78. The Kier molecular flexibility index (Phi) is 4.56. The summed E-state index contributed by atoms with van der Waals surface area (Å²) in [6, 6.07) is 20.8. The van der Waals surface area contributed by atoms with Gasteiger partial charge in [-0.3, -0.25) is 0 Å². The van der Waals surface area contributed by atoms with Crippen molar-refractivity contribution in [3.05, 3.63) is 77.5 Å². The number of benzene rings is 4. The SMILES string of the molecule is Cc1c2c(c(C)c3ccccc13)-c1c3c(cc4ccc(C5CCOCC5)cc4c3cc[n+]1C)S2. The average molecular weight is 463 g/mol. The first-order valence-electron chi connectivity index (χ1n) is 12.3. The van der Waals surface area contributed by atoms with Gasteiger partial charge in [-0.25, -0.2) is 4.57 Å². The van der Waals surface area contributed by atoms with Crippen molar-refractivity contribution in [2.24, 2.45) is 7.05 Å². The van der Waals surface area contributed by atoms with Gasteiger partial charge in [0.05, 0.1) is 10.9 Å². The highest BCUT2D eigenvalue weighted by Gasteiger charge is 2.31. The van der Waals surface area contributed by atoms with Crippen molar-refractivity contribution in [3.8, 4) is 11.3 Å². The minimum atomic E-state index is 0.603. The maximum atomic E-state index is 5.62. The van der Waals surface area contributed by atoms with Crippen molar-refractivity contribution >= 4 is 44.1 Å². The molecule has 1 fully saturated rings. The Labute approximate surface area is 204 Å². The average Bonchev–Trinajstić information content (AvgIpc) is 2.88. The van der Waals surface area contributed by atoms with Gasteiger partial charge in [0.15, 0.2) is 6.20 Å². The standard InChI is InChI=1S/C31H28NOS/c1-18-23-6-4-5-7-24(23)19(2)31-28(18)30-29-25(10-13-32(30)3)26-16-21(20-11-14-33-15-12-20)8-9-22(26)17-27(29)34-31/h4-10,13,16-17,20H,11-12,14-15H2,1-3H3/q+1. The number of fused-ring (bicyclic) bond motifs is 5. The lowest BCUT2D eigenvalue weighted by Crippen LogP contribution is -2.32. The number of rotatable bonds is 1. The molecule has 0 atom stereocenters. The fourth-order valence-electron chi connectivity index (χ4n) is 6.21. The zero-order valence-electron chi connectivity index (χ0n) is 19.9. The van der Waals surface area contributed by atoms with E-state index in [2.05, 4.69) is 86.3 Å². The second kappa shape index (κ2) is 7.56. The largest absolute Gasteiger partial charge is 0.381 e. The van der Waals surface area contributed by atoms with Crippen LogP contribution in [-0.2, 0) is 11.8 Å². The first kappa shape index (κ1) is 20.5. The molecule has 0 bridgehead atoms. The molecule has 1 aromatic heterocycles. The zero-order chi connectivity index (χ0) is 23.0. The van der Waals surface area contributed by atoms with Gasteiger partial charge in [0, 0.05) is 34.5 Å². The van der Waals surface area contributed by atoms with Gasteiger partial charge in [0.2, 0.25) is 5.69 Å². The molecular formula is C31H28NOS+. The normalized spacial score (nSPS) is 15.9. The van der Waals surface area contributed by atoms with Gasteiger partial charge < -0.3 is 4.74 Å². The molecule has 0 amide bonds. The first-order valence-corrected chi connectivity index (χ1v) is 13.1. The van der Waals surface area contributed by atoms with Gasteiger partial charge in [0.25, 0.3) is 0 Å². The Morgan fingerprint density at radius 1 is 0.853 bits per heavy atom. The molecule has 0 aliphatic carbocycles. The lowest BCUT2D eigenvalue weighted by atomic mass is 9.88. The van der Waals surface area contributed by atoms with E-state index in [1.807, 2.05) is 11.8 Å². The summed E-state index contributed by atoms with van der Waals surface area (Å²) in [5.74, 6) is 0.603. The second-order valence-electron chi connectivity index (χ2n) is 9.91. The topological polar surface area (TPSA) is 13.1 Å². The molecular weight excluding hydrogens is 434 g/mol. The van der Waals surface area contributed by atoms with Gasteiger partial charge in [0.1, 0.15) is 7.05 Å². The monoisotopic (exact) mass is 462 g/mol. The molecule has 2 aliphatic rings. The Morgan fingerprint density at radius 3 is 2.41 bits per heavy atom. The summed E-state index contributed by atoms with van der Waals surface area (Å²) < 4.78 is 7.96. The lowest BCUT2D eigenvalue weighted by molar-refractivity contribution is -0.659. The van der Waals surface area contributed by atoms with E-state index < -0.39 is 0 Å². The molecule has 4 aromatic carbocycles. The van der Waals surface area contributed by atoms with E-state index in [0.29, 0.717) is 5.92 Å². The predicted octanol–water partition coefficient (Wildman–Crippen LogP) is 7.61.